The second-order valence-corrected chi connectivity index (χ2v) is 7.45. The SMILES string of the molecule is O=C(Nc1cc(F)cc(F)c1)[C@H]1CCCCN1C(=O)CC1CCCCC1. The predicted molar refractivity (Wildman–Crippen MR) is 95.5 cm³/mol. The average molecular weight is 364 g/mol. The summed E-state index contributed by atoms with van der Waals surface area (Å²) in [5, 5.41) is 2.57. The Labute approximate surface area is 152 Å². The van der Waals surface area contributed by atoms with Gasteiger partial charge in [0.05, 0.1) is 0 Å². The maximum Gasteiger partial charge on any atom is 0.247 e. The molecule has 1 atom stereocenters. The van der Waals surface area contributed by atoms with E-state index in [4.69, 9.17) is 0 Å². The quantitative estimate of drug-likeness (QED) is 0.868. The van der Waals surface area contributed by atoms with Crippen LogP contribution in [0.25, 0.3) is 0 Å². The molecular formula is C20H26F2N2O2. The average Bonchev–Trinajstić information content (AvgIpc) is 2.61. The minimum Gasteiger partial charge on any atom is -0.331 e. The molecule has 1 saturated carbocycles. The van der Waals surface area contributed by atoms with E-state index >= 15 is 0 Å². The van der Waals surface area contributed by atoms with Crippen LogP contribution < -0.4 is 5.32 Å². The summed E-state index contributed by atoms with van der Waals surface area (Å²) in [6.07, 6.45) is 8.58. The number of likely N-dealkylation sites (tertiary alicyclic amines) is 1. The van der Waals surface area contributed by atoms with Gasteiger partial charge < -0.3 is 10.2 Å². The maximum atomic E-state index is 13.3. The van der Waals surface area contributed by atoms with Crippen LogP contribution in [-0.4, -0.2) is 29.3 Å². The molecule has 1 N–H and O–H groups in total. The van der Waals surface area contributed by atoms with Crippen LogP contribution in [0.5, 0.6) is 0 Å². The predicted octanol–water partition coefficient (Wildman–Crippen LogP) is 4.25. The van der Waals surface area contributed by atoms with Gasteiger partial charge in [0.1, 0.15) is 17.7 Å². The van der Waals surface area contributed by atoms with E-state index in [1.165, 1.54) is 19.3 Å². The normalized spacial score (nSPS) is 21.5. The Morgan fingerprint density at radius 1 is 0.962 bits per heavy atom. The van der Waals surface area contributed by atoms with Crippen LogP contribution in [0.1, 0.15) is 57.8 Å². The number of benzene rings is 1. The van der Waals surface area contributed by atoms with Gasteiger partial charge >= 0.3 is 0 Å². The molecule has 2 amide bonds. The molecule has 2 fully saturated rings. The van der Waals surface area contributed by atoms with Gasteiger partial charge in [-0.3, -0.25) is 9.59 Å². The van der Waals surface area contributed by atoms with Crippen LogP contribution in [0.4, 0.5) is 14.5 Å². The third kappa shape index (κ3) is 4.80. The monoisotopic (exact) mass is 364 g/mol. The Kier molecular flexibility index (Phi) is 6.22. The smallest absolute Gasteiger partial charge is 0.247 e. The summed E-state index contributed by atoms with van der Waals surface area (Å²) in [7, 11) is 0. The van der Waals surface area contributed by atoms with E-state index in [2.05, 4.69) is 5.32 Å². The second kappa shape index (κ2) is 8.60. The highest BCUT2D eigenvalue weighted by atomic mass is 19.1. The van der Waals surface area contributed by atoms with Crippen molar-refractivity contribution in [2.75, 3.05) is 11.9 Å². The number of piperidine rings is 1. The lowest BCUT2D eigenvalue weighted by Crippen LogP contribution is -2.50. The first-order chi connectivity index (χ1) is 12.5. The van der Waals surface area contributed by atoms with Gasteiger partial charge in [0, 0.05) is 24.7 Å². The van der Waals surface area contributed by atoms with Crippen molar-refractivity contribution in [3.63, 3.8) is 0 Å². The minimum absolute atomic E-state index is 0.0298. The van der Waals surface area contributed by atoms with Crippen LogP contribution in [0.2, 0.25) is 0 Å². The zero-order valence-electron chi connectivity index (χ0n) is 15.0. The molecule has 1 heterocycles. The lowest BCUT2D eigenvalue weighted by Gasteiger charge is -2.36. The van der Waals surface area contributed by atoms with Crippen molar-refractivity contribution in [3.05, 3.63) is 29.8 Å². The number of nitrogens with one attached hydrogen (secondary N) is 1. The van der Waals surface area contributed by atoms with Gasteiger partial charge in [0.25, 0.3) is 0 Å². The highest BCUT2D eigenvalue weighted by molar-refractivity contribution is 5.97. The van der Waals surface area contributed by atoms with Gasteiger partial charge in [0.2, 0.25) is 11.8 Å². The number of amides is 2. The number of nitrogens with zero attached hydrogens (tertiary/aromatic N) is 1. The third-order valence-corrected chi connectivity index (χ3v) is 5.44. The summed E-state index contributed by atoms with van der Waals surface area (Å²) in [4.78, 5) is 27.1. The Hall–Kier alpha value is -1.98. The molecule has 3 rings (SSSR count). The van der Waals surface area contributed by atoms with Crippen molar-refractivity contribution < 1.29 is 18.4 Å². The molecule has 0 spiro atoms. The molecule has 0 radical (unpaired) electrons. The fraction of sp³-hybridized carbons (Fsp3) is 0.600. The van der Waals surface area contributed by atoms with Crippen molar-refractivity contribution >= 4 is 17.5 Å². The van der Waals surface area contributed by atoms with E-state index in [0.717, 1.165) is 43.9 Å². The molecule has 6 heteroatoms. The number of carbonyl (C=O) groups excluding carboxylic acids is 2. The fourth-order valence-electron chi connectivity index (χ4n) is 4.11. The van der Waals surface area contributed by atoms with Crippen LogP contribution in [0.3, 0.4) is 0 Å². The van der Waals surface area contributed by atoms with Crippen LogP contribution in [0.15, 0.2) is 18.2 Å². The lowest BCUT2D eigenvalue weighted by molar-refractivity contribution is -0.141. The summed E-state index contributed by atoms with van der Waals surface area (Å²) in [6, 6.07) is 2.36. The van der Waals surface area contributed by atoms with E-state index in [-0.39, 0.29) is 17.5 Å². The van der Waals surface area contributed by atoms with Crippen molar-refractivity contribution in [2.45, 2.75) is 63.8 Å². The Balaban J connectivity index is 1.65. The highest BCUT2D eigenvalue weighted by Crippen LogP contribution is 2.28. The summed E-state index contributed by atoms with van der Waals surface area (Å²) in [6.45, 7) is 0.571. The molecule has 1 aromatic carbocycles. The molecule has 1 saturated heterocycles. The number of anilines is 1. The van der Waals surface area contributed by atoms with E-state index in [0.29, 0.717) is 25.3 Å². The van der Waals surface area contributed by atoms with Gasteiger partial charge in [-0.15, -0.1) is 0 Å². The molecule has 4 nitrogen and oxygen atoms in total. The van der Waals surface area contributed by atoms with Gasteiger partial charge in [-0.25, -0.2) is 8.78 Å². The minimum atomic E-state index is -0.742. The van der Waals surface area contributed by atoms with Crippen molar-refractivity contribution in [3.8, 4) is 0 Å². The summed E-state index contributed by atoms with van der Waals surface area (Å²) >= 11 is 0. The molecule has 142 valence electrons. The summed E-state index contributed by atoms with van der Waals surface area (Å²) in [5.74, 6) is -1.41. The Bertz CT molecular complexity index is 639. The van der Waals surface area contributed by atoms with E-state index in [1.54, 1.807) is 4.90 Å². The maximum absolute atomic E-state index is 13.3. The standard InChI is InChI=1S/C20H26F2N2O2/c21-15-11-16(22)13-17(12-15)23-20(26)18-8-4-5-9-24(18)19(25)10-14-6-2-1-3-7-14/h11-14,18H,1-10H2,(H,23,26)/t18-/m1/s1. The number of rotatable bonds is 4. The number of hydrogen-bond acceptors (Lipinski definition) is 2. The van der Waals surface area contributed by atoms with Crippen molar-refractivity contribution in [1.82, 2.24) is 4.90 Å². The molecule has 1 aliphatic carbocycles. The highest BCUT2D eigenvalue weighted by Gasteiger charge is 2.33. The molecule has 0 bridgehead atoms. The van der Waals surface area contributed by atoms with Gasteiger partial charge in [-0.05, 0) is 50.2 Å². The molecule has 1 aromatic rings. The molecule has 1 aliphatic heterocycles. The molecule has 2 aliphatic rings. The van der Waals surface area contributed by atoms with Crippen LogP contribution in [0, 0.1) is 17.6 Å². The first-order valence-corrected chi connectivity index (χ1v) is 9.59. The van der Waals surface area contributed by atoms with Crippen molar-refractivity contribution in [2.24, 2.45) is 5.92 Å². The number of hydrogen-bond donors (Lipinski definition) is 1. The topological polar surface area (TPSA) is 49.4 Å². The first kappa shape index (κ1) is 18.8. The first-order valence-electron chi connectivity index (χ1n) is 9.59. The lowest BCUT2D eigenvalue weighted by atomic mass is 9.86. The van der Waals surface area contributed by atoms with Crippen molar-refractivity contribution in [1.29, 1.82) is 0 Å². The van der Waals surface area contributed by atoms with Gasteiger partial charge in [-0.1, -0.05) is 19.3 Å². The Morgan fingerprint density at radius 2 is 1.62 bits per heavy atom. The van der Waals surface area contributed by atoms with Gasteiger partial charge in [0.15, 0.2) is 0 Å². The Morgan fingerprint density at radius 3 is 2.31 bits per heavy atom. The molecule has 0 unspecified atom stereocenters. The zero-order valence-corrected chi connectivity index (χ0v) is 15.0. The zero-order chi connectivity index (χ0) is 18.5. The van der Waals surface area contributed by atoms with Gasteiger partial charge in [-0.2, -0.15) is 0 Å². The fourth-order valence-corrected chi connectivity index (χ4v) is 4.11. The van der Waals surface area contributed by atoms with E-state index < -0.39 is 17.7 Å². The molecule has 0 aromatic heterocycles. The summed E-state index contributed by atoms with van der Waals surface area (Å²) in [5.41, 5.74) is 0.0813. The second-order valence-electron chi connectivity index (χ2n) is 7.45. The molecule has 26 heavy (non-hydrogen) atoms. The van der Waals surface area contributed by atoms with Crippen LogP contribution in [-0.2, 0) is 9.59 Å². The number of halogens is 2. The molecular weight excluding hydrogens is 338 g/mol. The van der Waals surface area contributed by atoms with Crippen LogP contribution >= 0.6 is 0 Å². The van der Waals surface area contributed by atoms with E-state index in [1.807, 2.05) is 0 Å². The number of carbonyl (C=O) groups is 2. The largest absolute Gasteiger partial charge is 0.331 e. The third-order valence-electron chi connectivity index (χ3n) is 5.44. The summed E-state index contributed by atoms with van der Waals surface area (Å²) < 4.78 is 26.7. The van der Waals surface area contributed by atoms with E-state index in [9.17, 15) is 18.4 Å².